The van der Waals surface area contributed by atoms with Gasteiger partial charge < -0.3 is 14.7 Å². The van der Waals surface area contributed by atoms with E-state index < -0.39 is 16.0 Å². The number of hydrogen-bond acceptors (Lipinski definition) is 5. The fourth-order valence-electron chi connectivity index (χ4n) is 2.15. The van der Waals surface area contributed by atoms with Crippen LogP contribution >= 0.6 is 0 Å². The lowest BCUT2D eigenvalue weighted by atomic mass is 10.1. The molecule has 0 aliphatic carbocycles. The number of rotatable bonds is 7. The third-order valence-corrected chi connectivity index (χ3v) is 4.43. The van der Waals surface area contributed by atoms with E-state index in [-0.39, 0.29) is 16.2 Å². The van der Waals surface area contributed by atoms with Gasteiger partial charge in [-0.3, -0.25) is 0 Å². The van der Waals surface area contributed by atoms with Crippen LogP contribution in [0.1, 0.15) is 15.9 Å². The third kappa shape index (κ3) is 5.28. The Bertz CT molecular complexity index is 861. The van der Waals surface area contributed by atoms with Crippen molar-refractivity contribution in [1.29, 1.82) is 0 Å². The zero-order valence-electron chi connectivity index (χ0n) is 14.0. The zero-order chi connectivity index (χ0) is 18.6. The Morgan fingerprint density at radius 2 is 1.80 bits per heavy atom. The van der Waals surface area contributed by atoms with E-state index in [4.69, 9.17) is 15.0 Å². The third-order valence-electron chi connectivity index (χ3n) is 3.50. The molecule has 0 heterocycles. The minimum atomic E-state index is -4.13. The minimum absolute atomic E-state index is 0.0199. The van der Waals surface area contributed by atoms with E-state index in [2.05, 4.69) is 4.90 Å². The second kappa shape index (κ2) is 7.64. The summed E-state index contributed by atoms with van der Waals surface area (Å²) in [6.07, 6.45) is 0.878. The molecule has 0 aromatic heterocycles. The molecule has 0 radical (unpaired) electrons. The van der Waals surface area contributed by atoms with Crippen LogP contribution in [0.4, 0.5) is 0 Å². The molecule has 0 saturated heterocycles. The van der Waals surface area contributed by atoms with Gasteiger partial charge in [-0.05, 0) is 56.4 Å². The largest absolute Gasteiger partial charge is 0.478 e. The summed E-state index contributed by atoms with van der Waals surface area (Å²) in [4.78, 5) is 12.7. The highest BCUT2D eigenvalue weighted by Crippen LogP contribution is 2.29. The molecular formula is C17H20N2O5S. The summed E-state index contributed by atoms with van der Waals surface area (Å²) in [6.45, 7) is 0.909. The molecular weight excluding hydrogens is 344 g/mol. The van der Waals surface area contributed by atoms with Gasteiger partial charge in [0.2, 0.25) is 10.0 Å². The van der Waals surface area contributed by atoms with E-state index in [1.165, 1.54) is 12.1 Å². The number of primary sulfonamides is 1. The van der Waals surface area contributed by atoms with Crippen molar-refractivity contribution in [2.24, 2.45) is 5.14 Å². The summed E-state index contributed by atoms with van der Waals surface area (Å²) in [5.74, 6) is -0.836. The number of nitrogens with zero attached hydrogens (tertiary/aromatic N) is 1. The maximum absolute atomic E-state index is 11.7. The molecule has 0 saturated carbocycles. The number of sulfonamides is 1. The second-order valence-electron chi connectivity index (χ2n) is 5.81. The van der Waals surface area contributed by atoms with Crippen LogP contribution in [0, 0.1) is 0 Å². The van der Waals surface area contributed by atoms with Crippen molar-refractivity contribution in [1.82, 2.24) is 4.90 Å². The average molecular weight is 364 g/mol. The number of carboxylic acid groups (broad SMARTS) is 1. The van der Waals surface area contributed by atoms with Crippen LogP contribution in [-0.2, 0) is 16.4 Å². The van der Waals surface area contributed by atoms with Crippen molar-refractivity contribution in [3.05, 3.63) is 53.6 Å². The molecule has 7 nitrogen and oxygen atoms in total. The highest BCUT2D eigenvalue weighted by molar-refractivity contribution is 7.89. The molecule has 3 N–H and O–H groups in total. The SMILES string of the molecule is CN(C)CCc1ccc(Oc2ccc(C(=O)O)cc2S(N)(=O)=O)cc1. The van der Waals surface area contributed by atoms with E-state index in [1.807, 2.05) is 26.2 Å². The van der Waals surface area contributed by atoms with Gasteiger partial charge in [-0.1, -0.05) is 12.1 Å². The number of nitrogens with two attached hydrogens (primary N) is 1. The van der Waals surface area contributed by atoms with E-state index in [0.29, 0.717) is 5.75 Å². The molecule has 8 heteroatoms. The average Bonchev–Trinajstić information content (AvgIpc) is 2.53. The van der Waals surface area contributed by atoms with Crippen molar-refractivity contribution < 1.29 is 23.1 Å². The van der Waals surface area contributed by atoms with Crippen molar-refractivity contribution in [2.45, 2.75) is 11.3 Å². The second-order valence-corrected chi connectivity index (χ2v) is 7.34. The predicted octanol–water partition coefficient (Wildman–Crippen LogP) is 1.93. The molecule has 0 unspecified atom stereocenters. The Kier molecular flexibility index (Phi) is 5.78. The molecule has 134 valence electrons. The summed E-state index contributed by atoms with van der Waals surface area (Å²) in [7, 11) is -0.144. The predicted molar refractivity (Wildman–Crippen MR) is 93.5 cm³/mol. The van der Waals surface area contributed by atoms with Gasteiger partial charge in [0.05, 0.1) is 5.56 Å². The van der Waals surface area contributed by atoms with Crippen LogP contribution in [0.5, 0.6) is 11.5 Å². The van der Waals surface area contributed by atoms with Gasteiger partial charge in [0.15, 0.2) is 0 Å². The number of carbonyl (C=O) groups is 1. The maximum Gasteiger partial charge on any atom is 0.335 e. The monoisotopic (exact) mass is 364 g/mol. The van der Waals surface area contributed by atoms with Gasteiger partial charge in [0.25, 0.3) is 0 Å². The van der Waals surface area contributed by atoms with Crippen LogP contribution in [0.3, 0.4) is 0 Å². The number of carboxylic acids is 1. The molecule has 0 aliphatic rings. The highest BCUT2D eigenvalue weighted by atomic mass is 32.2. The standard InChI is InChI=1S/C17H20N2O5S/c1-19(2)10-9-12-3-6-14(7-4-12)24-15-8-5-13(17(20)21)11-16(15)25(18,22)23/h3-8,11H,9-10H2,1-2H3,(H,20,21)(H2,18,22,23). The van der Waals surface area contributed by atoms with Gasteiger partial charge in [0, 0.05) is 6.54 Å². The Balaban J connectivity index is 2.26. The van der Waals surface area contributed by atoms with Crippen molar-refractivity contribution >= 4 is 16.0 Å². The quantitative estimate of drug-likeness (QED) is 0.777. The topological polar surface area (TPSA) is 110 Å². The molecule has 2 rings (SSSR count). The summed E-state index contributed by atoms with van der Waals surface area (Å²) in [5, 5.41) is 14.2. The Morgan fingerprint density at radius 3 is 2.32 bits per heavy atom. The number of ether oxygens (including phenoxy) is 1. The maximum atomic E-state index is 11.7. The van der Waals surface area contributed by atoms with Crippen LogP contribution < -0.4 is 9.88 Å². The molecule has 0 atom stereocenters. The first-order valence-electron chi connectivity index (χ1n) is 7.48. The summed E-state index contributed by atoms with van der Waals surface area (Å²) >= 11 is 0. The van der Waals surface area contributed by atoms with E-state index in [9.17, 15) is 13.2 Å². The van der Waals surface area contributed by atoms with Gasteiger partial charge in [-0.25, -0.2) is 18.4 Å². The fraction of sp³-hybridized carbons (Fsp3) is 0.235. The van der Waals surface area contributed by atoms with Crippen molar-refractivity contribution in [2.75, 3.05) is 20.6 Å². The van der Waals surface area contributed by atoms with Crippen LogP contribution in [-0.4, -0.2) is 45.0 Å². The van der Waals surface area contributed by atoms with Crippen LogP contribution in [0.15, 0.2) is 47.4 Å². The van der Waals surface area contributed by atoms with Crippen LogP contribution in [0.25, 0.3) is 0 Å². The molecule has 0 aliphatic heterocycles. The highest BCUT2D eigenvalue weighted by Gasteiger charge is 2.19. The number of aromatic carboxylic acids is 1. The van der Waals surface area contributed by atoms with E-state index in [1.54, 1.807) is 12.1 Å². The summed E-state index contributed by atoms with van der Waals surface area (Å²) in [5.41, 5.74) is 0.935. The van der Waals surface area contributed by atoms with E-state index >= 15 is 0 Å². The molecule has 2 aromatic carbocycles. The number of hydrogen-bond donors (Lipinski definition) is 2. The van der Waals surface area contributed by atoms with Crippen LogP contribution in [0.2, 0.25) is 0 Å². The molecule has 0 bridgehead atoms. The molecule has 25 heavy (non-hydrogen) atoms. The number of likely N-dealkylation sites (N-methyl/N-ethyl adjacent to an activating group) is 1. The Labute approximate surface area is 146 Å². The summed E-state index contributed by atoms with van der Waals surface area (Å²) in [6, 6.07) is 10.8. The zero-order valence-corrected chi connectivity index (χ0v) is 14.8. The Morgan fingerprint density at radius 1 is 1.16 bits per heavy atom. The molecule has 0 spiro atoms. The smallest absolute Gasteiger partial charge is 0.335 e. The lowest BCUT2D eigenvalue weighted by Gasteiger charge is -2.12. The first-order valence-corrected chi connectivity index (χ1v) is 9.03. The van der Waals surface area contributed by atoms with Gasteiger partial charge in [-0.15, -0.1) is 0 Å². The van der Waals surface area contributed by atoms with Crippen molar-refractivity contribution in [3.63, 3.8) is 0 Å². The van der Waals surface area contributed by atoms with Gasteiger partial charge in [-0.2, -0.15) is 0 Å². The normalized spacial score (nSPS) is 11.5. The Hall–Kier alpha value is -2.42. The first-order chi connectivity index (χ1) is 11.7. The van der Waals surface area contributed by atoms with Gasteiger partial charge in [0.1, 0.15) is 16.4 Å². The lowest BCUT2D eigenvalue weighted by Crippen LogP contribution is -2.15. The molecule has 0 fully saturated rings. The van der Waals surface area contributed by atoms with Gasteiger partial charge >= 0.3 is 5.97 Å². The molecule has 0 amide bonds. The minimum Gasteiger partial charge on any atom is -0.478 e. The lowest BCUT2D eigenvalue weighted by molar-refractivity contribution is 0.0696. The first kappa shape index (κ1) is 18.9. The number of benzene rings is 2. The van der Waals surface area contributed by atoms with Crippen molar-refractivity contribution in [3.8, 4) is 11.5 Å². The summed E-state index contributed by atoms with van der Waals surface area (Å²) < 4.78 is 29.0. The molecule has 2 aromatic rings. The van der Waals surface area contributed by atoms with E-state index in [0.717, 1.165) is 24.6 Å². The fourth-order valence-corrected chi connectivity index (χ4v) is 2.83.